The molecule has 3 rings (SSSR count). The zero-order valence-electron chi connectivity index (χ0n) is 48.6. The van der Waals surface area contributed by atoms with Crippen molar-refractivity contribution in [3.8, 4) is 0 Å². The second-order valence-electron chi connectivity index (χ2n) is 20.8. The van der Waals surface area contributed by atoms with Gasteiger partial charge in [0.25, 0.3) is 0 Å². The minimum Gasteiger partial charge on any atom is -0.480 e. The number of amides is 9. The summed E-state index contributed by atoms with van der Waals surface area (Å²) in [5, 5.41) is 41.1. The summed E-state index contributed by atoms with van der Waals surface area (Å²) in [5.41, 5.74) is 23.6. The first kappa shape index (κ1) is 71.3. The minimum absolute atomic E-state index is 0.0299. The number of carboxylic acids is 1. The predicted octanol–water partition coefficient (Wildman–Crippen LogP) is -1.26. The van der Waals surface area contributed by atoms with E-state index in [1.54, 1.807) is 20.0 Å². The number of benzene rings is 1. The van der Waals surface area contributed by atoms with Crippen LogP contribution in [-0.2, 0) is 60.8 Å². The first-order valence-electron chi connectivity index (χ1n) is 27.8. The van der Waals surface area contributed by atoms with Crippen molar-refractivity contribution in [1.29, 1.82) is 5.41 Å². The fraction of sp³-hybridized carbons (Fsp3) is 0.593. The molecule has 9 amide bonds. The number of primary amides is 2. The monoisotopic (exact) mass is 1180 g/mol. The lowest BCUT2D eigenvalue weighted by atomic mass is 10.0. The van der Waals surface area contributed by atoms with Gasteiger partial charge in [0.15, 0.2) is 5.96 Å². The number of aliphatic carboxylic acids is 1. The lowest BCUT2D eigenvalue weighted by Crippen LogP contribution is -2.58. The molecule has 2 aromatic heterocycles. The summed E-state index contributed by atoms with van der Waals surface area (Å²) in [5.74, 6) is -6.82. The Morgan fingerprint density at radius 3 is 1.96 bits per heavy atom. The summed E-state index contributed by atoms with van der Waals surface area (Å²) in [4.78, 5) is 137. The molecule has 2 heterocycles. The van der Waals surface area contributed by atoms with Crippen LogP contribution in [0.4, 0.5) is 0 Å². The Morgan fingerprint density at radius 2 is 1.36 bits per heavy atom. The Kier molecular flexibility index (Phi) is 32.7. The highest BCUT2D eigenvalue weighted by Gasteiger charge is 2.32. The molecular formula is C54H89N17O11S. The molecule has 0 aliphatic rings. The van der Waals surface area contributed by atoms with Gasteiger partial charge in [-0.25, -0.2) is 9.78 Å². The van der Waals surface area contributed by atoms with Gasteiger partial charge in [-0.15, -0.1) is 0 Å². The molecule has 21 N–H and O–H groups in total. The third kappa shape index (κ3) is 27.7. The van der Waals surface area contributed by atoms with Gasteiger partial charge in [0.2, 0.25) is 53.2 Å². The number of hydrogen-bond donors (Lipinski definition) is 17. The summed E-state index contributed by atoms with van der Waals surface area (Å²) in [6, 6.07) is -0.122. The Hall–Kier alpha value is -7.79. The number of guanidine groups is 1. The van der Waals surface area contributed by atoms with Gasteiger partial charge in [-0.1, -0.05) is 65.7 Å². The van der Waals surface area contributed by atoms with E-state index in [-0.39, 0.29) is 43.5 Å². The average Bonchev–Trinajstić information content (AvgIpc) is 4.36. The van der Waals surface area contributed by atoms with E-state index in [4.69, 9.17) is 33.5 Å². The topological polar surface area (TPSA) is 472 Å². The number of carbonyl (C=O) groups is 10. The van der Waals surface area contributed by atoms with Gasteiger partial charge in [-0.2, -0.15) is 11.8 Å². The number of unbranched alkanes of at least 4 members (excludes halogenated alkanes) is 2. The number of fused-ring (bicyclic) bond motifs is 1. The van der Waals surface area contributed by atoms with Gasteiger partial charge in [-0.05, 0) is 93.9 Å². The predicted molar refractivity (Wildman–Crippen MR) is 316 cm³/mol. The van der Waals surface area contributed by atoms with Crippen LogP contribution in [0.25, 0.3) is 10.9 Å². The molecule has 462 valence electrons. The number of aromatic nitrogens is 3. The number of carboxylic acid groups (broad SMARTS) is 1. The van der Waals surface area contributed by atoms with Crippen molar-refractivity contribution in [2.75, 3.05) is 31.6 Å². The number of hydrogen-bond acceptors (Lipinski definition) is 15. The van der Waals surface area contributed by atoms with Crippen molar-refractivity contribution in [2.45, 2.75) is 161 Å². The molecule has 0 aliphatic heterocycles. The second-order valence-corrected chi connectivity index (χ2v) is 21.8. The first-order valence-corrected chi connectivity index (χ1v) is 29.1. The fourth-order valence-electron chi connectivity index (χ4n) is 8.23. The molecule has 0 bridgehead atoms. The molecule has 8 unspecified atom stereocenters. The van der Waals surface area contributed by atoms with Gasteiger partial charge in [0, 0.05) is 42.7 Å². The maximum atomic E-state index is 13.7. The molecule has 0 fully saturated rings. The number of H-pyrrole nitrogens is 2. The molecule has 0 radical (unpaired) electrons. The van der Waals surface area contributed by atoms with Crippen LogP contribution in [0.15, 0.2) is 43.0 Å². The summed E-state index contributed by atoms with van der Waals surface area (Å²) < 4.78 is 0. The molecule has 1 aromatic carbocycles. The summed E-state index contributed by atoms with van der Waals surface area (Å²) in [6.45, 7) is 11.3. The van der Waals surface area contributed by atoms with E-state index < -0.39 is 114 Å². The summed E-state index contributed by atoms with van der Waals surface area (Å²) in [6.07, 6.45) is 11.1. The zero-order valence-corrected chi connectivity index (χ0v) is 49.4. The van der Waals surface area contributed by atoms with E-state index >= 15 is 0 Å². The number of para-hydroxylation sites is 1. The van der Waals surface area contributed by atoms with E-state index in [9.17, 15) is 47.9 Å². The SMILES string of the molecule is CCCCCNC(Cc1c[nH]c2ccccc12)C(=O)NC(C)C(=O)NC(C(=O)NCC(=O)NC(Cc1c[nH]cn1)C(=O)NC(CC(C)C)C(=O)NC(CCSC)C(N)=O)C(C)C.N=C(N)NCCCC(N)C(=O)NC(CCC(N)=O)C(=O)O. The number of carbonyl (C=O) groups excluding carboxylic acids is 9. The molecule has 28 nitrogen and oxygen atoms in total. The molecule has 0 saturated heterocycles. The van der Waals surface area contributed by atoms with E-state index in [1.165, 1.54) is 25.0 Å². The number of imidazole rings is 1. The van der Waals surface area contributed by atoms with Crippen LogP contribution >= 0.6 is 11.8 Å². The van der Waals surface area contributed by atoms with Gasteiger partial charge in [0.1, 0.15) is 36.3 Å². The smallest absolute Gasteiger partial charge is 0.326 e. The van der Waals surface area contributed by atoms with Crippen LogP contribution in [0, 0.1) is 17.2 Å². The molecule has 0 saturated carbocycles. The standard InChI is InChI=1S/C43H67N11O7S.C11H22N6O4/c1-8-9-12-16-46-33(19-28-21-47-31-14-11-10-13-30(28)31)40(58)50-27(6)39(57)54-37(26(4)5)43(61)48-23-36(55)51-35(20-29-22-45-24-49-29)42(60)53-34(18-25(2)3)41(59)52-32(38(44)56)15-17-62-7;12-6(2-1-5-16-11(14)15)9(19)17-7(10(20)21)3-4-8(13)18/h10-11,13-14,21-22,24-27,32-35,37,46-47H,8-9,12,15-20,23H2,1-7H3,(H2,44,56)(H,45,49)(H,48,61)(H,50,58)(H,51,55)(H,52,59)(H,53,60)(H,54,57);6-7H,1-5,12H2,(H2,13,18)(H,17,19)(H,20,21)(H4,14,15,16). The largest absolute Gasteiger partial charge is 0.480 e. The summed E-state index contributed by atoms with van der Waals surface area (Å²) >= 11 is 1.49. The first-order chi connectivity index (χ1) is 39.3. The van der Waals surface area contributed by atoms with Crippen LogP contribution in [0.5, 0.6) is 0 Å². The highest BCUT2D eigenvalue weighted by atomic mass is 32.2. The van der Waals surface area contributed by atoms with Crippen molar-refractivity contribution in [3.63, 3.8) is 0 Å². The average molecular weight is 1180 g/mol. The second kappa shape index (κ2) is 38.1. The molecule has 8 atom stereocenters. The Labute approximate surface area is 488 Å². The van der Waals surface area contributed by atoms with Crippen LogP contribution in [0.3, 0.4) is 0 Å². The molecule has 0 spiro atoms. The number of nitrogens with one attached hydrogen (secondary N) is 12. The van der Waals surface area contributed by atoms with Crippen molar-refractivity contribution in [1.82, 2.24) is 62.8 Å². The van der Waals surface area contributed by atoms with Crippen molar-refractivity contribution in [3.05, 3.63) is 54.2 Å². The van der Waals surface area contributed by atoms with Gasteiger partial charge in [-0.3, -0.25) is 48.6 Å². The Morgan fingerprint density at radius 1 is 0.699 bits per heavy atom. The highest BCUT2D eigenvalue weighted by Crippen LogP contribution is 2.20. The van der Waals surface area contributed by atoms with E-state index in [0.717, 1.165) is 35.7 Å². The number of thioether (sulfide) groups is 1. The van der Waals surface area contributed by atoms with Crippen molar-refractivity contribution < 1.29 is 53.1 Å². The minimum atomic E-state index is -1.25. The fourth-order valence-corrected chi connectivity index (χ4v) is 8.70. The molecule has 83 heavy (non-hydrogen) atoms. The maximum absolute atomic E-state index is 13.7. The number of rotatable bonds is 38. The third-order valence-corrected chi connectivity index (χ3v) is 13.5. The van der Waals surface area contributed by atoms with Crippen molar-refractivity contribution in [2.24, 2.45) is 34.8 Å². The van der Waals surface area contributed by atoms with Gasteiger partial charge < -0.3 is 85.9 Å². The van der Waals surface area contributed by atoms with E-state index in [2.05, 4.69) is 69.7 Å². The molecular weight excluding hydrogens is 1090 g/mol. The maximum Gasteiger partial charge on any atom is 0.326 e. The number of aromatic amines is 2. The number of nitrogens with zero attached hydrogens (tertiary/aromatic N) is 1. The molecule has 3 aromatic rings. The Balaban J connectivity index is 0.000000944. The summed E-state index contributed by atoms with van der Waals surface area (Å²) in [7, 11) is 0. The molecule has 0 aliphatic carbocycles. The van der Waals surface area contributed by atoms with Crippen LogP contribution < -0.4 is 70.8 Å². The van der Waals surface area contributed by atoms with E-state index in [0.29, 0.717) is 50.2 Å². The van der Waals surface area contributed by atoms with Crippen LogP contribution in [0.1, 0.15) is 111 Å². The number of nitrogens with two attached hydrogens (primary N) is 4. The third-order valence-electron chi connectivity index (χ3n) is 12.9. The normalized spacial score (nSPS) is 14.0. The lowest BCUT2D eigenvalue weighted by molar-refractivity contribution is -0.142. The van der Waals surface area contributed by atoms with Crippen LogP contribution in [-0.4, -0.2) is 165 Å². The zero-order chi connectivity index (χ0) is 62.2. The molecule has 29 heteroatoms. The van der Waals surface area contributed by atoms with Crippen LogP contribution in [0.2, 0.25) is 0 Å². The quantitative estimate of drug-likeness (QED) is 0.0181. The van der Waals surface area contributed by atoms with Gasteiger partial charge in [0.05, 0.1) is 30.6 Å². The van der Waals surface area contributed by atoms with Gasteiger partial charge >= 0.3 is 5.97 Å². The highest BCUT2D eigenvalue weighted by molar-refractivity contribution is 7.98. The Bertz CT molecular complexity index is 2580. The van der Waals surface area contributed by atoms with Crippen molar-refractivity contribution >= 4 is 87.8 Å². The lowest BCUT2D eigenvalue weighted by Gasteiger charge is -2.26. The van der Waals surface area contributed by atoms with E-state index in [1.807, 2.05) is 50.6 Å².